The second-order valence-corrected chi connectivity index (χ2v) is 6.42. The van der Waals surface area contributed by atoms with Gasteiger partial charge in [0.1, 0.15) is 13.2 Å². The highest BCUT2D eigenvalue weighted by molar-refractivity contribution is 7.13. The van der Waals surface area contributed by atoms with Crippen LogP contribution in [0, 0.1) is 6.92 Å². The lowest BCUT2D eigenvalue weighted by Crippen LogP contribution is -2.38. The molecule has 0 radical (unpaired) electrons. The Morgan fingerprint density at radius 1 is 1.21 bits per heavy atom. The van der Waals surface area contributed by atoms with Crippen molar-refractivity contribution in [1.29, 1.82) is 0 Å². The minimum Gasteiger partial charge on any atom is -0.458 e. The maximum Gasteiger partial charge on any atom is 0.330 e. The molecule has 128 valence electrons. The average Bonchev–Trinajstić information content (AvgIpc) is 2.99. The molecule has 2 aromatic heterocycles. The summed E-state index contributed by atoms with van der Waals surface area (Å²) in [6, 6.07) is 4.71. The number of thiophene rings is 1. The molecule has 1 N–H and O–H groups in total. The number of esters is 1. The van der Waals surface area contributed by atoms with Crippen molar-refractivity contribution >= 4 is 23.2 Å². The van der Waals surface area contributed by atoms with Gasteiger partial charge >= 0.3 is 11.7 Å². The van der Waals surface area contributed by atoms with E-state index in [1.807, 2.05) is 13.0 Å². The molecule has 2 rings (SSSR count). The van der Waals surface area contributed by atoms with E-state index in [0.717, 1.165) is 9.44 Å². The van der Waals surface area contributed by atoms with Crippen LogP contribution in [0.2, 0.25) is 0 Å². The van der Waals surface area contributed by atoms with Gasteiger partial charge in [0.25, 0.3) is 11.5 Å². The summed E-state index contributed by atoms with van der Waals surface area (Å²) in [5, 5.41) is 2.46. The van der Waals surface area contributed by atoms with Crippen LogP contribution in [0.3, 0.4) is 0 Å². The highest BCUT2D eigenvalue weighted by atomic mass is 32.1. The minimum atomic E-state index is -0.662. The molecule has 0 aliphatic rings. The molecule has 9 heteroatoms. The Bertz CT molecular complexity index is 893. The number of ether oxygens (including phenoxy) is 1. The number of hydrogen-bond donors (Lipinski definition) is 1. The average molecular weight is 351 g/mol. The van der Waals surface area contributed by atoms with E-state index in [4.69, 9.17) is 4.74 Å². The van der Waals surface area contributed by atoms with Crippen LogP contribution in [0.5, 0.6) is 0 Å². The number of nitrogens with zero attached hydrogens (tertiary/aromatic N) is 2. The first kappa shape index (κ1) is 17.7. The Labute approximate surface area is 141 Å². The normalized spacial score (nSPS) is 10.5. The molecular weight excluding hydrogens is 334 g/mol. The van der Waals surface area contributed by atoms with Gasteiger partial charge in [0, 0.05) is 25.0 Å². The van der Waals surface area contributed by atoms with Gasteiger partial charge in [-0.2, -0.15) is 0 Å². The third-order valence-corrected chi connectivity index (χ3v) is 4.36. The van der Waals surface area contributed by atoms with Gasteiger partial charge in [-0.25, -0.2) is 4.79 Å². The molecule has 0 atom stereocenters. The van der Waals surface area contributed by atoms with E-state index in [1.165, 1.54) is 36.1 Å². The summed E-state index contributed by atoms with van der Waals surface area (Å²) < 4.78 is 7.17. The Morgan fingerprint density at radius 2 is 1.92 bits per heavy atom. The number of carbonyl (C=O) groups excluding carboxylic acids is 2. The van der Waals surface area contributed by atoms with Crippen molar-refractivity contribution in [2.75, 3.05) is 6.54 Å². The lowest BCUT2D eigenvalue weighted by atomic mass is 10.4. The molecule has 0 aliphatic heterocycles. The number of carbonyl (C=O) groups is 2. The van der Waals surface area contributed by atoms with Crippen molar-refractivity contribution in [3.05, 3.63) is 54.5 Å². The molecule has 0 fully saturated rings. The summed E-state index contributed by atoms with van der Waals surface area (Å²) in [6.07, 6.45) is 0. The van der Waals surface area contributed by atoms with Crippen LogP contribution in [0.15, 0.2) is 27.8 Å². The first-order valence-electron chi connectivity index (χ1n) is 7.06. The highest BCUT2D eigenvalue weighted by Gasteiger charge is 2.12. The summed E-state index contributed by atoms with van der Waals surface area (Å²) in [6.45, 7) is 1.35. The van der Waals surface area contributed by atoms with E-state index in [9.17, 15) is 19.2 Å². The molecule has 0 unspecified atom stereocenters. The minimum absolute atomic E-state index is 0.228. The van der Waals surface area contributed by atoms with E-state index in [1.54, 1.807) is 6.07 Å². The maximum atomic E-state index is 11.8. The lowest BCUT2D eigenvalue weighted by molar-refractivity contribution is -0.143. The van der Waals surface area contributed by atoms with Gasteiger partial charge < -0.3 is 10.1 Å². The molecule has 0 spiro atoms. The summed E-state index contributed by atoms with van der Waals surface area (Å²) in [5.41, 5.74) is -0.711. The Balaban J connectivity index is 1.91. The van der Waals surface area contributed by atoms with Crippen LogP contribution in [-0.2, 0) is 30.2 Å². The van der Waals surface area contributed by atoms with E-state index in [0.29, 0.717) is 4.88 Å². The largest absolute Gasteiger partial charge is 0.458 e. The summed E-state index contributed by atoms with van der Waals surface area (Å²) >= 11 is 1.32. The Hall–Kier alpha value is -2.68. The summed E-state index contributed by atoms with van der Waals surface area (Å²) in [5.74, 6) is -1.02. The predicted molar refractivity (Wildman–Crippen MR) is 88.1 cm³/mol. The van der Waals surface area contributed by atoms with Gasteiger partial charge in [-0.1, -0.05) is 0 Å². The predicted octanol–water partition coefficient (Wildman–Crippen LogP) is -0.0729. The monoisotopic (exact) mass is 351 g/mol. The molecule has 0 saturated heterocycles. The molecule has 0 bridgehead atoms. The number of hydrogen-bond acceptors (Lipinski definition) is 6. The quantitative estimate of drug-likeness (QED) is 0.760. The molecule has 0 aromatic carbocycles. The lowest BCUT2D eigenvalue weighted by Gasteiger charge is -2.10. The van der Waals surface area contributed by atoms with Crippen molar-refractivity contribution in [3.63, 3.8) is 0 Å². The number of aryl methyl sites for hydroxylation is 1. The molecule has 2 heterocycles. The fourth-order valence-corrected chi connectivity index (χ4v) is 2.70. The smallest absolute Gasteiger partial charge is 0.330 e. The second kappa shape index (κ2) is 7.26. The molecule has 2 aromatic rings. The third kappa shape index (κ3) is 3.99. The Morgan fingerprint density at radius 3 is 2.54 bits per heavy atom. The van der Waals surface area contributed by atoms with E-state index < -0.39 is 17.2 Å². The standard InChI is InChI=1S/C15H17N3O5S/c1-9-4-5-11(24-9)14(21)16-7-13(20)23-8-10-6-12(19)18(3)15(22)17(10)2/h4-6H,7-8H2,1-3H3,(H,16,21). The maximum absolute atomic E-state index is 11.8. The van der Waals surface area contributed by atoms with Crippen molar-refractivity contribution in [1.82, 2.24) is 14.5 Å². The number of aromatic nitrogens is 2. The van der Waals surface area contributed by atoms with Gasteiger partial charge in [-0.3, -0.25) is 23.5 Å². The molecule has 0 aliphatic carbocycles. The topological polar surface area (TPSA) is 99.4 Å². The van der Waals surface area contributed by atoms with Crippen molar-refractivity contribution in [2.24, 2.45) is 14.1 Å². The number of rotatable bonds is 5. The Kier molecular flexibility index (Phi) is 5.35. The molecule has 8 nitrogen and oxygen atoms in total. The number of nitrogens with one attached hydrogen (secondary N) is 1. The first-order valence-corrected chi connectivity index (χ1v) is 7.87. The number of amides is 1. The SMILES string of the molecule is Cc1ccc(C(=O)NCC(=O)OCc2cc(=O)n(C)c(=O)n2C)s1. The fraction of sp³-hybridized carbons (Fsp3) is 0.333. The molecule has 24 heavy (non-hydrogen) atoms. The van der Waals surface area contributed by atoms with Gasteiger partial charge in [0.2, 0.25) is 0 Å². The third-order valence-electron chi connectivity index (χ3n) is 3.36. The van der Waals surface area contributed by atoms with Crippen molar-refractivity contribution in [2.45, 2.75) is 13.5 Å². The van der Waals surface area contributed by atoms with Gasteiger partial charge in [0.05, 0.1) is 10.6 Å². The molecule has 1 amide bonds. The van der Waals surface area contributed by atoms with Crippen LogP contribution in [0.4, 0.5) is 0 Å². The zero-order valence-electron chi connectivity index (χ0n) is 13.5. The fourth-order valence-electron chi connectivity index (χ4n) is 1.92. The highest BCUT2D eigenvalue weighted by Crippen LogP contribution is 2.14. The van der Waals surface area contributed by atoms with Gasteiger partial charge in [-0.15, -0.1) is 11.3 Å². The summed E-state index contributed by atoms with van der Waals surface area (Å²) in [4.78, 5) is 48.4. The van der Waals surface area contributed by atoms with Crippen molar-refractivity contribution < 1.29 is 14.3 Å². The van der Waals surface area contributed by atoms with Crippen LogP contribution in [0.1, 0.15) is 20.2 Å². The zero-order valence-corrected chi connectivity index (χ0v) is 14.3. The molecule has 0 saturated carbocycles. The van der Waals surface area contributed by atoms with E-state index >= 15 is 0 Å². The van der Waals surface area contributed by atoms with Crippen LogP contribution in [0.25, 0.3) is 0 Å². The van der Waals surface area contributed by atoms with Crippen LogP contribution < -0.4 is 16.6 Å². The van der Waals surface area contributed by atoms with Crippen LogP contribution in [-0.4, -0.2) is 27.6 Å². The van der Waals surface area contributed by atoms with Crippen LogP contribution >= 0.6 is 11.3 Å². The van der Waals surface area contributed by atoms with Gasteiger partial charge in [-0.05, 0) is 19.1 Å². The van der Waals surface area contributed by atoms with E-state index in [2.05, 4.69) is 5.32 Å². The van der Waals surface area contributed by atoms with Crippen molar-refractivity contribution in [3.8, 4) is 0 Å². The molecular formula is C15H17N3O5S. The van der Waals surface area contributed by atoms with E-state index in [-0.39, 0.29) is 24.8 Å². The first-order chi connectivity index (χ1) is 11.3. The summed E-state index contributed by atoms with van der Waals surface area (Å²) in [7, 11) is 2.84. The zero-order chi connectivity index (χ0) is 17.9. The van der Waals surface area contributed by atoms with Gasteiger partial charge in [0.15, 0.2) is 0 Å². The second-order valence-electron chi connectivity index (χ2n) is 5.13.